The van der Waals surface area contributed by atoms with Crippen molar-refractivity contribution in [3.63, 3.8) is 0 Å². The summed E-state index contributed by atoms with van der Waals surface area (Å²) in [5, 5.41) is 3.10. The van der Waals surface area contributed by atoms with Crippen molar-refractivity contribution in [3.8, 4) is 0 Å². The van der Waals surface area contributed by atoms with E-state index in [0.717, 1.165) is 0 Å². The van der Waals surface area contributed by atoms with E-state index < -0.39 is 0 Å². The van der Waals surface area contributed by atoms with E-state index in [4.69, 9.17) is 0 Å². The van der Waals surface area contributed by atoms with Crippen molar-refractivity contribution in [2.75, 3.05) is 0 Å². The average Bonchev–Trinajstić information content (AvgIpc) is 2.12. The van der Waals surface area contributed by atoms with Crippen LogP contribution in [0.3, 0.4) is 0 Å². The highest BCUT2D eigenvalue weighted by molar-refractivity contribution is 5.32. The molecule has 3 heteroatoms. The fourth-order valence-corrected chi connectivity index (χ4v) is 1.70. The van der Waals surface area contributed by atoms with Gasteiger partial charge in [0.25, 0.3) is 0 Å². The second kappa shape index (κ2) is 3.07. The smallest absolute Gasteiger partial charge is 0.128 e. The summed E-state index contributed by atoms with van der Waals surface area (Å²) in [6.45, 7) is 2.40. The third-order valence-electron chi connectivity index (χ3n) is 2.45. The van der Waals surface area contributed by atoms with Crippen LogP contribution in [0.5, 0.6) is 0 Å². The van der Waals surface area contributed by atoms with Gasteiger partial charge in [-0.2, -0.15) is 0 Å². The predicted molar refractivity (Wildman–Crippen MR) is 46.4 cm³/mol. The van der Waals surface area contributed by atoms with Gasteiger partial charge in [-0.05, 0) is 31.0 Å². The summed E-state index contributed by atoms with van der Waals surface area (Å²) >= 11 is 0. The van der Waals surface area contributed by atoms with Crippen LogP contribution in [0.1, 0.15) is 18.1 Å². The van der Waals surface area contributed by atoms with Gasteiger partial charge in [-0.25, -0.2) is 8.78 Å². The Morgan fingerprint density at radius 2 is 1.85 bits per heavy atom. The minimum atomic E-state index is -0.309. The molecule has 70 valence electrons. The normalized spacial score (nSPS) is 21.3. The largest absolute Gasteiger partial charge is 0.310 e. The number of halogens is 2. The highest BCUT2D eigenvalue weighted by Crippen LogP contribution is 2.22. The first-order chi connectivity index (χ1) is 6.18. The molecule has 0 saturated carbocycles. The van der Waals surface area contributed by atoms with Crippen molar-refractivity contribution >= 4 is 0 Å². The Morgan fingerprint density at radius 3 is 2.54 bits per heavy atom. The lowest BCUT2D eigenvalue weighted by Crippen LogP contribution is -2.34. The minimum Gasteiger partial charge on any atom is -0.310 e. The number of rotatable bonds is 0. The van der Waals surface area contributed by atoms with Gasteiger partial charge in [0.15, 0.2) is 0 Å². The molecule has 0 saturated heterocycles. The molecule has 0 aliphatic carbocycles. The lowest BCUT2D eigenvalue weighted by atomic mass is 9.96. The average molecular weight is 183 g/mol. The molecule has 0 fully saturated rings. The molecule has 0 radical (unpaired) electrons. The quantitative estimate of drug-likeness (QED) is 0.648. The van der Waals surface area contributed by atoms with Gasteiger partial charge in [-0.3, -0.25) is 0 Å². The summed E-state index contributed by atoms with van der Waals surface area (Å²) in [6.07, 6.45) is 0.568. The van der Waals surface area contributed by atoms with Gasteiger partial charge in [0.1, 0.15) is 11.6 Å². The third-order valence-corrected chi connectivity index (χ3v) is 2.45. The Kier molecular flexibility index (Phi) is 2.04. The molecule has 1 aromatic rings. The summed E-state index contributed by atoms with van der Waals surface area (Å²) in [5.74, 6) is -0.597. The van der Waals surface area contributed by atoms with Gasteiger partial charge in [-0.15, -0.1) is 0 Å². The molecule has 1 aliphatic heterocycles. The highest BCUT2D eigenvalue weighted by Gasteiger charge is 2.20. The first-order valence-corrected chi connectivity index (χ1v) is 4.37. The number of hydrogen-bond donors (Lipinski definition) is 1. The summed E-state index contributed by atoms with van der Waals surface area (Å²) in [5.41, 5.74) is 1.02. The van der Waals surface area contributed by atoms with Gasteiger partial charge in [0.05, 0.1) is 0 Å². The molecular formula is C10H11F2N. The summed E-state index contributed by atoms with van der Waals surface area (Å²) in [6, 6.07) is 2.61. The van der Waals surface area contributed by atoms with Crippen LogP contribution in [0.4, 0.5) is 8.78 Å². The Hall–Kier alpha value is -0.960. The van der Waals surface area contributed by atoms with E-state index in [1.54, 1.807) is 0 Å². The van der Waals surface area contributed by atoms with Crippen molar-refractivity contribution in [2.24, 2.45) is 0 Å². The maximum atomic E-state index is 13.2. The molecule has 0 spiro atoms. The molecule has 2 rings (SSSR count). The lowest BCUT2D eigenvalue weighted by molar-refractivity contribution is 0.467. The molecule has 13 heavy (non-hydrogen) atoms. The maximum absolute atomic E-state index is 13.2. The van der Waals surface area contributed by atoms with Crippen LogP contribution >= 0.6 is 0 Å². The van der Waals surface area contributed by atoms with Crippen LogP contribution in [0, 0.1) is 11.6 Å². The second-order valence-electron chi connectivity index (χ2n) is 3.47. The number of fused-ring (bicyclic) bond motifs is 1. The van der Waals surface area contributed by atoms with Gasteiger partial charge in [0, 0.05) is 18.2 Å². The fourth-order valence-electron chi connectivity index (χ4n) is 1.70. The molecule has 1 atom stereocenters. The molecule has 1 N–H and O–H groups in total. The zero-order valence-corrected chi connectivity index (χ0v) is 7.40. The first kappa shape index (κ1) is 8.63. The van der Waals surface area contributed by atoms with Crippen LogP contribution in [-0.2, 0) is 13.0 Å². The summed E-state index contributed by atoms with van der Waals surface area (Å²) in [4.78, 5) is 0. The third kappa shape index (κ3) is 1.44. The molecule has 1 aliphatic rings. The first-order valence-electron chi connectivity index (χ1n) is 4.37. The van der Waals surface area contributed by atoms with Crippen molar-refractivity contribution in [2.45, 2.75) is 25.9 Å². The van der Waals surface area contributed by atoms with Crippen LogP contribution in [0.2, 0.25) is 0 Å². The van der Waals surface area contributed by atoms with E-state index in [1.165, 1.54) is 12.1 Å². The monoisotopic (exact) mass is 183 g/mol. The topological polar surface area (TPSA) is 12.0 Å². The van der Waals surface area contributed by atoms with Crippen molar-refractivity contribution in [1.29, 1.82) is 0 Å². The number of nitrogens with one attached hydrogen (secondary N) is 1. The molecule has 1 unspecified atom stereocenters. The van der Waals surface area contributed by atoms with Crippen LogP contribution < -0.4 is 5.32 Å². The summed E-state index contributed by atoms with van der Waals surface area (Å²) in [7, 11) is 0. The van der Waals surface area contributed by atoms with E-state index in [0.29, 0.717) is 24.1 Å². The van der Waals surface area contributed by atoms with Gasteiger partial charge in [0.2, 0.25) is 0 Å². The summed E-state index contributed by atoms with van der Waals surface area (Å²) < 4.78 is 26.4. The molecule has 0 bridgehead atoms. The molecule has 1 heterocycles. The second-order valence-corrected chi connectivity index (χ2v) is 3.47. The highest BCUT2D eigenvalue weighted by atomic mass is 19.1. The Bertz CT molecular complexity index is 336. The number of hydrogen-bond acceptors (Lipinski definition) is 1. The number of benzene rings is 1. The Morgan fingerprint density at radius 1 is 1.23 bits per heavy atom. The van der Waals surface area contributed by atoms with Crippen LogP contribution in [-0.4, -0.2) is 6.04 Å². The van der Waals surface area contributed by atoms with Crippen LogP contribution in [0.25, 0.3) is 0 Å². The van der Waals surface area contributed by atoms with Crippen molar-refractivity contribution < 1.29 is 8.78 Å². The fraction of sp³-hybridized carbons (Fsp3) is 0.400. The zero-order valence-electron chi connectivity index (χ0n) is 7.40. The molecule has 1 nitrogen and oxygen atoms in total. The van der Waals surface area contributed by atoms with E-state index >= 15 is 0 Å². The maximum Gasteiger partial charge on any atom is 0.128 e. The van der Waals surface area contributed by atoms with E-state index in [9.17, 15) is 8.78 Å². The van der Waals surface area contributed by atoms with Crippen molar-refractivity contribution in [1.82, 2.24) is 5.32 Å². The SMILES string of the molecule is CC1Cc2c(F)ccc(F)c2CN1. The lowest BCUT2D eigenvalue weighted by Gasteiger charge is -2.23. The predicted octanol–water partition coefficient (Wildman–Crippen LogP) is 2.00. The standard InChI is InChI=1S/C10H11F2N/c1-6-4-7-8(5-13-6)10(12)3-2-9(7)11/h2-3,6,13H,4-5H2,1H3. The van der Waals surface area contributed by atoms with Crippen LogP contribution in [0.15, 0.2) is 12.1 Å². The Labute approximate surface area is 75.8 Å². The molecule has 0 aromatic heterocycles. The molecule has 0 amide bonds. The van der Waals surface area contributed by atoms with E-state index in [1.807, 2.05) is 6.92 Å². The molecular weight excluding hydrogens is 172 g/mol. The minimum absolute atomic E-state index is 0.226. The van der Waals surface area contributed by atoms with Gasteiger partial charge in [-0.1, -0.05) is 0 Å². The Balaban J connectivity index is 2.51. The van der Waals surface area contributed by atoms with E-state index in [2.05, 4.69) is 5.32 Å². The van der Waals surface area contributed by atoms with Gasteiger partial charge >= 0.3 is 0 Å². The van der Waals surface area contributed by atoms with Crippen molar-refractivity contribution in [3.05, 3.63) is 34.9 Å². The van der Waals surface area contributed by atoms with E-state index in [-0.39, 0.29) is 17.7 Å². The molecule has 1 aromatic carbocycles. The van der Waals surface area contributed by atoms with Gasteiger partial charge < -0.3 is 5.32 Å². The zero-order chi connectivity index (χ0) is 9.42.